The normalized spacial score (nSPS) is 13.0. The van der Waals surface area contributed by atoms with Gasteiger partial charge in [0.25, 0.3) is 0 Å². The van der Waals surface area contributed by atoms with Crippen LogP contribution in [0.2, 0.25) is 0 Å². The minimum Gasteiger partial charge on any atom is -0.466 e. The zero-order valence-corrected chi connectivity index (χ0v) is 18.1. The molecule has 0 bridgehead atoms. The minimum atomic E-state index is -0.561. The summed E-state index contributed by atoms with van der Waals surface area (Å²) in [4.78, 5) is 23.5. The Labute approximate surface area is 175 Å². The van der Waals surface area contributed by atoms with Crippen LogP contribution in [0, 0.1) is 6.92 Å². The van der Waals surface area contributed by atoms with Gasteiger partial charge in [0.2, 0.25) is 0 Å². The van der Waals surface area contributed by atoms with E-state index in [1.54, 1.807) is 13.8 Å². The van der Waals surface area contributed by atoms with Crippen LogP contribution in [0.5, 0.6) is 0 Å². The summed E-state index contributed by atoms with van der Waals surface area (Å²) in [5, 5.41) is 13.6. The van der Waals surface area contributed by atoms with Crippen molar-refractivity contribution in [1.82, 2.24) is 5.32 Å². The lowest BCUT2D eigenvalue weighted by molar-refractivity contribution is -0.146. The van der Waals surface area contributed by atoms with Crippen LogP contribution in [0.1, 0.15) is 76.0 Å². The van der Waals surface area contributed by atoms with E-state index in [0.717, 1.165) is 36.8 Å². The summed E-state index contributed by atoms with van der Waals surface area (Å²) in [6, 6.07) is 7.45. The van der Waals surface area contributed by atoms with Gasteiger partial charge < -0.3 is 19.9 Å². The average Bonchev–Trinajstić information content (AvgIpc) is 2.69. The molecule has 0 fully saturated rings. The fourth-order valence-corrected chi connectivity index (χ4v) is 3.10. The van der Waals surface area contributed by atoms with Crippen molar-refractivity contribution >= 4 is 11.9 Å². The lowest BCUT2D eigenvalue weighted by Crippen LogP contribution is -2.39. The van der Waals surface area contributed by atoms with Gasteiger partial charge >= 0.3 is 11.9 Å². The lowest BCUT2D eigenvalue weighted by atomic mass is 10.0. The van der Waals surface area contributed by atoms with Crippen LogP contribution in [0.25, 0.3) is 0 Å². The molecule has 1 rings (SSSR count). The Hall–Kier alpha value is -1.92. The van der Waals surface area contributed by atoms with Crippen LogP contribution in [0.3, 0.4) is 0 Å². The van der Waals surface area contributed by atoms with Crippen molar-refractivity contribution in [3.8, 4) is 0 Å². The highest BCUT2D eigenvalue weighted by Gasteiger charge is 2.19. The third-order valence-corrected chi connectivity index (χ3v) is 4.77. The summed E-state index contributed by atoms with van der Waals surface area (Å²) in [6.07, 6.45) is 4.65. The van der Waals surface area contributed by atoms with Gasteiger partial charge in [-0.05, 0) is 52.1 Å². The third kappa shape index (κ3) is 11.0. The van der Waals surface area contributed by atoms with Crippen LogP contribution >= 0.6 is 0 Å². The van der Waals surface area contributed by atoms with E-state index in [1.807, 2.05) is 31.2 Å². The molecule has 164 valence electrons. The molecule has 2 N–H and O–H groups in total. The number of carbonyl (C=O) groups excluding carboxylic acids is 2. The summed E-state index contributed by atoms with van der Waals surface area (Å²) in [6.45, 7) is 6.92. The first-order valence-corrected chi connectivity index (χ1v) is 10.8. The van der Waals surface area contributed by atoms with E-state index >= 15 is 0 Å². The van der Waals surface area contributed by atoms with Gasteiger partial charge in [-0.2, -0.15) is 0 Å². The standard InChI is InChI=1S/C23H37NO5/c1-4-28-22(26)11-9-7-6-8-10-20(23(27)29-5-2)24-17-16-21(25)19-14-12-18(3)13-15-19/h12-15,20-21,24-25H,4-11,16-17H2,1-3H3. The number of rotatable bonds is 15. The summed E-state index contributed by atoms with van der Waals surface area (Å²) in [5.74, 6) is -0.394. The molecule has 2 atom stereocenters. The first kappa shape index (κ1) is 25.1. The molecular weight excluding hydrogens is 370 g/mol. The highest BCUT2D eigenvalue weighted by Crippen LogP contribution is 2.17. The molecule has 0 amide bonds. The molecule has 2 unspecified atom stereocenters. The molecule has 0 heterocycles. The predicted molar refractivity (Wildman–Crippen MR) is 114 cm³/mol. The van der Waals surface area contributed by atoms with Crippen LogP contribution in [0.15, 0.2) is 24.3 Å². The quantitative estimate of drug-likeness (QED) is 0.339. The van der Waals surface area contributed by atoms with Gasteiger partial charge in [-0.1, -0.05) is 49.1 Å². The van der Waals surface area contributed by atoms with Crippen molar-refractivity contribution in [2.24, 2.45) is 0 Å². The van der Waals surface area contributed by atoms with Gasteiger partial charge in [0.1, 0.15) is 6.04 Å². The maximum Gasteiger partial charge on any atom is 0.323 e. The number of carbonyl (C=O) groups is 2. The van der Waals surface area contributed by atoms with Gasteiger partial charge in [0, 0.05) is 6.42 Å². The third-order valence-electron chi connectivity index (χ3n) is 4.77. The number of aliphatic hydroxyl groups excluding tert-OH is 1. The molecule has 0 radical (unpaired) electrons. The number of unbranched alkanes of at least 4 members (excludes halogenated alkanes) is 3. The van der Waals surface area contributed by atoms with Crippen LogP contribution in [-0.4, -0.2) is 42.8 Å². The number of benzene rings is 1. The SMILES string of the molecule is CCOC(=O)CCCCCCC(NCCC(O)c1ccc(C)cc1)C(=O)OCC. The smallest absolute Gasteiger partial charge is 0.323 e. The lowest BCUT2D eigenvalue weighted by Gasteiger charge is -2.19. The topological polar surface area (TPSA) is 84.9 Å². The largest absolute Gasteiger partial charge is 0.466 e. The van der Waals surface area contributed by atoms with E-state index in [9.17, 15) is 14.7 Å². The number of hydrogen-bond acceptors (Lipinski definition) is 6. The van der Waals surface area contributed by atoms with Crippen LogP contribution in [-0.2, 0) is 19.1 Å². The zero-order chi connectivity index (χ0) is 21.5. The maximum atomic E-state index is 12.2. The van der Waals surface area contributed by atoms with Gasteiger partial charge in [0.15, 0.2) is 0 Å². The number of ether oxygens (including phenoxy) is 2. The molecule has 0 aromatic heterocycles. The second-order valence-electron chi connectivity index (χ2n) is 7.23. The molecule has 1 aromatic rings. The number of hydrogen-bond donors (Lipinski definition) is 2. The van der Waals surface area contributed by atoms with Crippen molar-refractivity contribution in [3.05, 3.63) is 35.4 Å². The van der Waals surface area contributed by atoms with Crippen molar-refractivity contribution in [2.75, 3.05) is 19.8 Å². The second-order valence-corrected chi connectivity index (χ2v) is 7.23. The summed E-state index contributed by atoms with van der Waals surface area (Å²) >= 11 is 0. The van der Waals surface area contributed by atoms with E-state index in [2.05, 4.69) is 5.32 Å². The maximum absolute atomic E-state index is 12.2. The van der Waals surface area contributed by atoms with E-state index in [0.29, 0.717) is 39.0 Å². The van der Waals surface area contributed by atoms with E-state index in [4.69, 9.17) is 9.47 Å². The van der Waals surface area contributed by atoms with Crippen molar-refractivity contribution in [3.63, 3.8) is 0 Å². The van der Waals surface area contributed by atoms with Crippen molar-refractivity contribution < 1.29 is 24.2 Å². The molecule has 6 nitrogen and oxygen atoms in total. The Morgan fingerprint density at radius 1 is 0.966 bits per heavy atom. The van der Waals surface area contributed by atoms with E-state index in [1.165, 1.54) is 0 Å². The summed E-state index contributed by atoms with van der Waals surface area (Å²) in [7, 11) is 0. The fourth-order valence-electron chi connectivity index (χ4n) is 3.10. The summed E-state index contributed by atoms with van der Waals surface area (Å²) < 4.78 is 10.1. The van der Waals surface area contributed by atoms with E-state index in [-0.39, 0.29) is 18.0 Å². The molecule has 0 aliphatic rings. The predicted octanol–water partition coefficient (Wildman–Crippen LogP) is 3.84. The Morgan fingerprint density at radius 2 is 1.62 bits per heavy atom. The van der Waals surface area contributed by atoms with Crippen molar-refractivity contribution in [2.45, 2.75) is 77.9 Å². The van der Waals surface area contributed by atoms with Crippen molar-refractivity contribution in [1.29, 1.82) is 0 Å². The molecule has 0 saturated carbocycles. The highest BCUT2D eigenvalue weighted by molar-refractivity contribution is 5.75. The highest BCUT2D eigenvalue weighted by atomic mass is 16.5. The first-order valence-electron chi connectivity index (χ1n) is 10.8. The Bertz CT molecular complexity index is 587. The van der Waals surface area contributed by atoms with Crippen LogP contribution < -0.4 is 5.32 Å². The minimum absolute atomic E-state index is 0.147. The monoisotopic (exact) mass is 407 g/mol. The second kappa shape index (κ2) is 15.0. The molecule has 0 saturated heterocycles. The van der Waals surface area contributed by atoms with Gasteiger partial charge in [-0.3, -0.25) is 9.59 Å². The molecule has 0 aliphatic carbocycles. The fraction of sp³-hybridized carbons (Fsp3) is 0.652. The Balaban J connectivity index is 2.33. The molecule has 1 aromatic carbocycles. The molecular formula is C23H37NO5. The van der Waals surface area contributed by atoms with Gasteiger partial charge in [0.05, 0.1) is 19.3 Å². The molecule has 0 aliphatic heterocycles. The Morgan fingerprint density at radius 3 is 2.28 bits per heavy atom. The summed E-state index contributed by atoms with van der Waals surface area (Å²) in [5.41, 5.74) is 2.04. The average molecular weight is 408 g/mol. The number of aliphatic hydroxyl groups is 1. The van der Waals surface area contributed by atoms with Gasteiger partial charge in [-0.25, -0.2) is 0 Å². The zero-order valence-electron chi connectivity index (χ0n) is 18.1. The number of esters is 2. The van der Waals surface area contributed by atoms with E-state index < -0.39 is 6.10 Å². The Kier molecular flexibility index (Phi) is 13.0. The first-order chi connectivity index (χ1) is 14.0. The molecule has 0 spiro atoms. The number of nitrogens with one attached hydrogen (secondary N) is 1. The number of aryl methyl sites for hydroxylation is 1. The van der Waals surface area contributed by atoms with Crippen LogP contribution in [0.4, 0.5) is 0 Å². The van der Waals surface area contributed by atoms with Gasteiger partial charge in [-0.15, -0.1) is 0 Å². The molecule has 29 heavy (non-hydrogen) atoms. The molecule has 6 heteroatoms.